The summed E-state index contributed by atoms with van der Waals surface area (Å²) in [6, 6.07) is 0. The molecule has 0 amide bonds. The van der Waals surface area contributed by atoms with Crippen LogP contribution >= 0.6 is 0 Å². The van der Waals surface area contributed by atoms with Crippen LogP contribution in [0, 0.1) is 0 Å². The van der Waals surface area contributed by atoms with E-state index in [1.807, 2.05) is 0 Å². The molecule has 0 fully saturated rings. The predicted molar refractivity (Wildman–Crippen MR) is 50.4 cm³/mol. The normalized spacial score (nSPS) is 12.0. The number of hydrogen-bond acceptors (Lipinski definition) is 28. The first-order chi connectivity index (χ1) is 14.8. The smallest absolute Gasteiger partial charge is 0.862 e. The average Bonchev–Trinajstić information content (AvgIpc) is 2.19. The van der Waals surface area contributed by atoms with E-state index in [-0.39, 0.29) is 155 Å². The molecule has 0 aliphatic carbocycles. The molecule has 0 saturated heterocycles. The fraction of sp³-hybridized carbons (Fsp3) is 0. The van der Waals surface area contributed by atoms with Gasteiger partial charge in [0.05, 0.1) is 0 Å². The van der Waals surface area contributed by atoms with Gasteiger partial charge in [0.15, 0.2) is 0 Å². The summed E-state index contributed by atoms with van der Waals surface area (Å²) in [5, 5.41) is 0. The second kappa shape index (κ2) is 29.4. The van der Waals surface area contributed by atoms with E-state index in [0.29, 0.717) is 0 Å². The number of hydrogen-bond donors (Lipinski definition) is 0. The summed E-state index contributed by atoms with van der Waals surface area (Å²) in [5.74, 6) is 0. The first kappa shape index (κ1) is 73.3. The molecule has 42 heavy (non-hydrogen) atoms. The van der Waals surface area contributed by atoms with Crippen molar-refractivity contribution in [3.63, 3.8) is 0 Å². The Labute approximate surface area is 353 Å². The predicted octanol–water partition coefficient (Wildman–Crippen LogP) is -31.9. The molecule has 0 heterocycles. The fourth-order valence-corrected chi connectivity index (χ4v) is 5.51. The molecule has 0 rings (SSSR count). The van der Waals surface area contributed by atoms with Gasteiger partial charge in [-0.2, -0.15) is 0 Å². The molecule has 0 atom stereocenters. The first-order valence-electron chi connectivity index (χ1n) is 6.53. The topological polar surface area (TPSA) is 590 Å². The van der Waals surface area contributed by atoms with E-state index in [1.54, 1.807) is 0 Å². The molecule has 0 unspecified atom stereocenters. The van der Waals surface area contributed by atoms with Crippen LogP contribution in [-0.4, -0.2) is 72.4 Å². The van der Waals surface area contributed by atoms with Crippen molar-refractivity contribution in [2.45, 2.75) is 0 Å². The Morgan fingerprint density at radius 2 is 0.214 bits per heavy atom. The SMILES string of the molecule is [Hf+4].[Hf+4].[Hf+4].[Hf+4].[Hf+4].[Hf+4].[O-][Si]([O-])([O-])O[Si]([O-])([O-])[O-].[O-][Si]([O-])([O-])O[Si]([O-])([O-])[O-].[O-][Si]([O-])([O-])O[Si]([O-])([O-])[O-].[O-][Si]([O-])([O-])O[Si]([O-])([O-])[O-]. The van der Waals surface area contributed by atoms with Gasteiger partial charge in [-0.25, -0.2) is 0 Å². The van der Waals surface area contributed by atoms with Gasteiger partial charge in [-0.1, -0.05) is 0 Å². The van der Waals surface area contributed by atoms with E-state index in [1.165, 1.54) is 0 Å². The molecule has 0 radical (unpaired) electrons. The van der Waals surface area contributed by atoms with Gasteiger partial charge in [0, 0.05) is 0 Å². The van der Waals surface area contributed by atoms with Gasteiger partial charge < -0.3 is 132 Å². The van der Waals surface area contributed by atoms with Crippen LogP contribution < -0.4 is 115 Å². The molecule has 0 aromatic rings. The van der Waals surface area contributed by atoms with Gasteiger partial charge in [0.2, 0.25) is 0 Å². The van der Waals surface area contributed by atoms with Gasteiger partial charge >= 0.3 is 155 Å². The van der Waals surface area contributed by atoms with E-state index >= 15 is 0 Å². The average molecular weight is 1740 g/mol. The number of rotatable bonds is 8. The van der Waals surface area contributed by atoms with E-state index in [4.69, 9.17) is 0 Å². The Morgan fingerprint density at radius 3 is 0.214 bits per heavy atom. The zero-order valence-corrected chi connectivity index (χ0v) is 48.0. The summed E-state index contributed by atoms with van der Waals surface area (Å²) in [7, 11) is -47.3. The zero-order chi connectivity index (χ0) is 30.8. The Balaban J connectivity index is -0.0000000388. The van der Waals surface area contributed by atoms with Crippen LogP contribution in [0.1, 0.15) is 0 Å². The van der Waals surface area contributed by atoms with E-state index in [0.717, 1.165) is 0 Å². The van der Waals surface area contributed by atoms with Gasteiger partial charge in [-0.05, 0) is 0 Å². The Hall–Kier alpha value is 5.84. The van der Waals surface area contributed by atoms with Crippen LogP contribution in [0.5, 0.6) is 0 Å². The third-order valence-corrected chi connectivity index (χ3v) is 9.00. The summed E-state index contributed by atoms with van der Waals surface area (Å²) in [5.41, 5.74) is 0. The monoisotopic (exact) mass is 1750 g/mol. The van der Waals surface area contributed by atoms with Crippen LogP contribution in [0.2, 0.25) is 0 Å². The maximum atomic E-state index is 9.36. The van der Waals surface area contributed by atoms with Crippen LogP contribution in [0.4, 0.5) is 0 Å². The van der Waals surface area contributed by atoms with Gasteiger partial charge in [-0.15, -0.1) is 72.4 Å². The molecule has 0 aliphatic rings. The minimum absolute atomic E-state index is 0. The van der Waals surface area contributed by atoms with Crippen molar-refractivity contribution < 1.29 is 287 Å². The third-order valence-electron chi connectivity index (χ3n) is 1.000. The van der Waals surface area contributed by atoms with E-state index < -0.39 is 72.4 Å². The minimum Gasteiger partial charge on any atom is -0.862 e. The summed E-state index contributed by atoms with van der Waals surface area (Å²) in [6.45, 7) is 0. The largest absolute Gasteiger partial charge is 4.00 e. The molecule has 0 spiro atoms. The van der Waals surface area contributed by atoms with Crippen molar-refractivity contribution in [3.8, 4) is 0 Å². The Bertz CT molecular complexity index is 417. The van der Waals surface area contributed by atoms with Crippen molar-refractivity contribution in [1.82, 2.24) is 0 Å². The molecule has 0 N–H and O–H groups in total. The quantitative estimate of drug-likeness (QED) is 0.204. The molecule has 0 bridgehead atoms. The molecular weight excluding hydrogens is 1740 g/mol. The molecular formula is Hf6O28Si8. The van der Waals surface area contributed by atoms with Crippen molar-refractivity contribution in [2.24, 2.45) is 0 Å². The van der Waals surface area contributed by atoms with Crippen LogP contribution in [0.25, 0.3) is 0 Å². The maximum Gasteiger partial charge on any atom is 4.00 e. The van der Waals surface area contributed by atoms with Crippen LogP contribution in [0.15, 0.2) is 0 Å². The van der Waals surface area contributed by atoms with Crippen molar-refractivity contribution in [1.29, 1.82) is 0 Å². The molecule has 224 valence electrons. The zero-order valence-electron chi connectivity index (χ0n) is 18.4. The van der Waals surface area contributed by atoms with Crippen molar-refractivity contribution in [2.75, 3.05) is 0 Å². The summed E-state index contributed by atoms with van der Waals surface area (Å²) >= 11 is 0. The first-order valence-corrected chi connectivity index (χ1v) is 19.6. The second-order valence-electron chi connectivity index (χ2n) is 4.41. The van der Waals surface area contributed by atoms with Crippen molar-refractivity contribution >= 4 is 72.4 Å². The Kier molecular flexibility index (Phi) is 51.3. The Morgan fingerprint density at radius 1 is 0.167 bits per heavy atom. The molecule has 0 aliphatic heterocycles. The summed E-state index contributed by atoms with van der Waals surface area (Å²) in [4.78, 5) is 225. The molecule has 42 heteroatoms. The molecule has 0 saturated carbocycles. The molecule has 0 aromatic heterocycles. The van der Waals surface area contributed by atoms with Crippen molar-refractivity contribution in [3.05, 3.63) is 0 Å². The van der Waals surface area contributed by atoms with E-state index in [9.17, 15) is 115 Å². The standard InChI is InChI=1S/6Hf.4O7Si2/c;;;;;;4*1-8(2,3)7-9(4,5)6/q6*+4;4*-6. The van der Waals surface area contributed by atoms with Crippen LogP contribution in [0.3, 0.4) is 0 Å². The summed E-state index contributed by atoms with van der Waals surface area (Å²) in [6.07, 6.45) is 0. The minimum atomic E-state index is -5.92. The second-order valence-corrected chi connectivity index (χ2v) is 15.7. The van der Waals surface area contributed by atoms with Crippen LogP contribution in [-0.2, 0) is 172 Å². The van der Waals surface area contributed by atoms with Gasteiger partial charge in [0.25, 0.3) is 0 Å². The summed E-state index contributed by atoms with van der Waals surface area (Å²) < 4.78 is 10.3. The molecule has 28 nitrogen and oxygen atoms in total. The third kappa shape index (κ3) is 104. The van der Waals surface area contributed by atoms with Gasteiger partial charge in [-0.3, -0.25) is 0 Å². The fourth-order valence-electron chi connectivity index (χ4n) is 0.612. The maximum absolute atomic E-state index is 9.36. The molecule has 0 aromatic carbocycles. The van der Waals surface area contributed by atoms with Gasteiger partial charge in [0.1, 0.15) is 0 Å². The van der Waals surface area contributed by atoms with E-state index in [2.05, 4.69) is 16.5 Å².